The van der Waals surface area contributed by atoms with Crippen LogP contribution in [0.2, 0.25) is 0 Å². The number of hydrogen-bond donors (Lipinski definition) is 0. The summed E-state index contributed by atoms with van der Waals surface area (Å²) < 4.78 is 5.39. The molecule has 6 heteroatoms. The number of thiophene rings is 1. The zero-order valence-corrected chi connectivity index (χ0v) is 17.4. The number of aromatic nitrogens is 1. The standard InChI is InChI=1S/C22H24N2O3S/c1-5-17-15(3)21(16-8-6-7-9-18(16)23-17)22(26)27-13-20(25)24(4)12-19-14(2)10-11-28-19/h6-11H,5,12-13H2,1-4H3. The molecule has 3 rings (SSSR count). The van der Waals surface area contributed by atoms with Crippen molar-refractivity contribution in [2.24, 2.45) is 0 Å². The molecule has 0 atom stereocenters. The summed E-state index contributed by atoms with van der Waals surface area (Å²) in [6.07, 6.45) is 0.721. The van der Waals surface area contributed by atoms with E-state index in [-0.39, 0.29) is 12.5 Å². The van der Waals surface area contributed by atoms with E-state index < -0.39 is 5.97 Å². The number of nitrogens with zero attached hydrogens (tertiary/aromatic N) is 2. The Kier molecular flexibility index (Phi) is 6.09. The quantitative estimate of drug-likeness (QED) is 0.583. The summed E-state index contributed by atoms with van der Waals surface area (Å²) in [6.45, 7) is 6.13. The molecule has 0 unspecified atom stereocenters. The van der Waals surface area contributed by atoms with E-state index in [0.29, 0.717) is 12.1 Å². The molecule has 0 N–H and O–H groups in total. The first-order valence-corrected chi connectivity index (χ1v) is 10.1. The lowest BCUT2D eigenvalue weighted by molar-refractivity contribution is -0.133. The SMILES string of the molecule is CCc1nc2ccccc2c(C(=O)OCC(=O)N(C)Cc2sccc2C)c1C. The van der Waals surface area contributed by atoms with E-state index in [2.05, 4.69) is 4.98 Å². The normalized spacial score (nSPS) is 10.9. The third-order valence-electron chi connectivity index (χ3n) is 4.88. The van der Waals surface area contributed by atoms with Gasteiger partial charge in [0.25, 0.3) is 5.91 Å². The van der Waals surface area contributed by atoms with Crippen molar-refractivity contribution in [3.8, 4) is 0 Å². The second-order valence-electron chi connectivity index (χ2n) is 6.78. The largest absolute Gasteiger partial charge is 0.452 e. The van der Waals surface area contributed by atoms with Crippen LogP contribution in [0, 0.1) is 13.8 Å². The Morgan fingerprint density at radius 2 is 1.93 bits per heavy atom. The molecule has 0 spiro atoms. The maximum Gasteiger partial charge on any atom is 0.339 e. The zero-order chi connectivity index (χ0) is 20.3. The fraction of sp³-hybridized carbons (Fsp3) is 0.318. The van der Waals surface area contributed by atoms with Crippen LogP contribution in [0.25, 0.3) is 10.9 Å². The van der Waals surface area contributed by atoms with Gasteiger partial charge in [0.1, 0.15) is 0 Å². The van der Waals surface area contributed by atoms with Crippen molar-refractivity contribution in [1.29, 1.82) is 0 Å². The van der Waals surface area contributed by atoms with Crippen LogP contribution in [-0.2, 0) is 22.5 Å². The lowest BCUT2D eigenvalue weighted by Crippen LogP contribution is -2.31. The second-order valence-corrected chi connectivity index (χ2v) is 7.78. The Morgan fingerprint density at radius 1 is 1.18 bits per heavy atom. The molecule has 28 heavy (non-hydrogen) atoms. The molecule has 5 nitrogen and oxygen atoms in total. The summed E-state index contributed by atoms with van der Waals surface area (Å²) in [5, 5.41) is 2.75. The number of hydrogen-bond acceptors (Lipinski definition) is 5. The van der Waals surface area contributed by atoms with Crippen LogP contribution in [-0.4, -0.2) is 35.4 Å². The topological polar surface area (TPSA) is 59.5 Å². The van der Waals surface area contributed by atoms with Gasteiger partial charge in [0.15, 0.2) is 6.61 Å². The van der Waals surface area contributed by atoms with E-state index in [0.717, 1.165) is 39.0 Å². The van der Waals surface area contributed by atoms with Crippen LogP contribution in [0.3, 0.4) is 0 Å². The lowest BCUT2D eigenvalue weighted by atomic mass is 10.0. The van der Waals surface area contributed by atoms with Crippen molar-refractivity contribution in [2.45, 2.75) is 33.7 Å². The molecule has 0 radical (unpaired) electrons. The van der Waals surface area contributed by atoms with Gasteiger partial charge in [-0.2, -0.15) is 0 Å². The number of carbonyl (C=O) groups is 2. The average Bonchev–Trinajstić information content (AvgIpc) is 3.09. The molecule has 0 bridgehead atoms. The van der Waals surface area contributed by atoms with Crippen molar-refractivity contribution < 1.29 is 14.3 Å². The highest BCUT2D eigenvalue weighted by molar-refractivity contribution is 7.10. The second kappa shape index (κ2) is 8.52. The molecule has 146 valence electrons. The lowest BCUT2D eigenvalue weighted by Gasteiger charge is -2.18. The van der Waals surface area contributed by atoms with Crippen molar-refractivity contribution in [3.63, 3.8) is 0 Å². The number of para-hydroxylation sites is 1. The molecule has 0 aliphatic rings. The predicted molar refractivity (Wildman–Crippen MR) is 112 cm³/mol. The molecule has 0 aliphatic carbocycles. The van der Waals surface area contributed by atoms with E-state index in [1.165, 1.54) is 0 Å². The van der Waals surface area contributed by atoms with Gasteiger partial charge in [-0.1, -0.05) is 25.1 Å². The molecule has 1 amide bonds. The molecule has 2 aromatic heterocycles. The van der Waals surface area contributed by atoms with E-state index >= 15 is 0 Å². The van der Waals surface area contributed by atoms with Crippen LogP contribution in [0.4, 0.5) is 0 Å². The third-order valence-corrected chi connectivity index (χ3v) is 5.88. The number of pyridine rings is 1. The number of carbonyl (C=O) groups excluding carboxylic acids is 2. The maximum atomic E-state index is 12.8. The number of ether oxygens (including phenoxy) is 1. The van der Waals surface area contributed by atoms with Gasteiger partial charge in [0.05, 0.1) is 17.6 Å². The van der Waals surface area contributed by atoms with Crippen LogP contribution in [0.5, 0.6) is 0 Å². The number of esters is 1. The molecule has 3 aromatic rings. The minimum atomic E-state index is -0.486. The molecular weight excluding hydrogens is 372 g/mol. The number of benzene rings is 1. The molecule has 0 saturated carbocycles. The number of amides is 1. The van der Waals surface area contributed by atoms with Gasteiger partial charge in [-0.05, 0) is 48.9 Å². The Labute approximate surface area is 169 Å². The number of fused-ring (bicyclic) bond motifs is 1. The fourth-order valence-electron chi connectivity index (χ4n) is 3.14. The minimum Gasteiger partial charge on any atom is -0.452 e. The van der Waals surface area contributed by atoms with Crippen molar-refractivity contribution in [1.82, 2.24) is 9.88 Å². The van der Waals surface area contributed by atoms with Crippen molar-refractivity contribution in [3.05, 3.63) is 63.0 Å². The monoisotopic (exact) mass is 396 g/mol. The van der Waals surface area contributed by atoms with Gasteiger partial charge < -0.3 is 9.64 Å². The summed E-state index contributed by atoms with van der Waals surface area (Å²) in [5.74, 6) is -0.715. The number of aryl methyl sites for hydroxylation is 2. The summed E-state index contributed by atoms with van der Waals surface area (Å²) in [4.78, 5) is 32.6. The van der Waals surface area contributed by atoms with E-state index in [1.54, 1.807) is 23.3 Å². The smallest absolute Gasteiger partial charge is 0.339 e. The molecule has 2 heterocycles. The first-order chi connectivity index (χ1) is 13.4. The summed E-state index contributed by atoms with van der Waals surface area (Å²) in [6, 6.07) is 9.53. The van der Waals surface area contributed by atoms with Gasteiger partial charge in [0, 0.05) is 23.0 Å². The summed E-state index contributed by atoms with van der Waals surface area (Å²) in [7, 11) is 1.72. The number of rotatable bonds is 6. The highest BCUT2D eigenvalue weighted by Gasteiger charge is 2.20. The molecular formula is C22H24N2O3S. The molecule has 1 aromatic carbocycles. The maximum absolute atomic E-state index is 12.8. The minimum absolute atomic E-state index is 0.229. The van der Waals surface area contributed by atoms with Crippen LogP contribution >= 0.6 is 11.3 Å². The molecule has 0 saturated heterocycles. The average molecular weight is 397 g/mol. The Morgan fingerprint density at radius 3 is 2.61 bits per heavy atom. The number of likely N-dealkylation sites (N-methyl/N-ethyl adjacent to an activating group) is 1. The Hall–Kier alpha value is -2.73. The van der Waals surface area contributed by atoms with Crippen molar-refractivity contribution in [2.75, 3.05) is 13.7 Å². The van der Waals surface area contributed by atoms with Gasteiger partial charge in [-0.15, -0.1) is 11.3 Å². The van der Waals surface area contributed by atoms with E-state index in [4.69, 9.17) is 4.74 Å². The molecule has 0 fully saturated rings. The summed E-state index contributed by atoms with van der Waals surface area (Å²) >= 11 is 1.62. The Bertz CT molecular complexity index is 1030. The summed E-state index contributed by atoms with van der Waals surface area (Å²) in [5.41, 5.74) is 4.08. The Balaban J connectivity index is 1.75. The first-order valence-electron chi connectivity index (χ1n) is 9.24. The van der Waals surface area contributed by atoms with E-state index in [1.807, 2.05) is 56.5 Å². The first kappa shape index (κ1) is 20.0. The highest BCUT2D eigenvalue weighted by atomic mass is 32.1. The predicted octanol–water partition coefficient (Wildman–Crippen LogP) is 4.29. The van der Waals surface area contributed by atoms with Gasteiger partial charge in [0.2, 0.25) is 0 Å². The van der Waals surface area contributed by atoms with Gasteiger partial charge >= 0.3 is 5.97 Å². The van der Waals surface area contributed by atoms with Crippen molar-refractivity contribution >= 4 is 34.1 Å². The highest BCUT2D eigenvalue weighted by Crippen LogP contribution is 2.24. The third kappa shape index (κ3) is 4.07. The van der Waals surface area contributed by atoms with Crippen LogP contribution in [0.1, 0.15) is 39.0 Å². The van der Waals surface area contributed by atoms with Gasteiger partial charge in [-0.25, -0.2) is 4.79 Å². The fourth-order valence-corrected chi connectivity index (χ4v) is 4.10. The van der Waals surface area contributed by atoms with Crippen LogP contribution < -0.4 is 0 Å². The van der Waals surface area contributed by atoms with E-state index in [9.17, 15) is 9.59 Å². The zero-order valence-electron chi connectivity index (χ0n) is 16.6. The van der Waals surface area contributed by atoms with Gasteiger partial charge in [-0.3, -0.25) is 9.78 Å². The van der Waals surface area contributed by atoms with Crippen LogP contribution in [0.15, 0.2) is 35.7 Å². The molecule has 0 aliphatic heterocycles.